The second-order valence-electron chi connectivity index (χ2n) is 6.55. The summed E-state index contributed by atoms with van der Waals surface area (Å²) in [5.41, 5.74) is -0.266. The van der Waals surface area contributed by atoms with Crippen LogP contribution in [0.15, 0.2) is 0 Å². The smallest absolute Gasteiger partial charge is 0.410 e. The Kier molecular flexibility index (Phi) is 3.10. The van der Waals surface area contributed by atoms with E-state index in [0.717, 1.165) is 38.8 Å². The van der Waals surface area contributed by atoms with Gasteiger partial charge in [-0.2, -0.15) is 0 Å². The summed E-state index contributed by atoms with van der Waals surface area (Å²) in [6.45, 7) is 7.17. The van der Waals surface area contributed by atoms with Crippen LogP contribution in [0.2, 0.25) is 0 Å². The van der Waals surface area contributed by atoms with Crippen molar-refractivity contribution in [3.63, 3.8) is 0 Å². The Bertz CT molecular complexity index is 310. The zero-order chi connectivity index (χ0) is 12.7. The van der Waals surface area contributed by atoms with E-state index in [1.165, 1.54) is 0 Å². The van der Waals surface area contributed by atoms with Crippen LogP contribution in [0.5, 0.6) is 0 Å². The molecule has 2 fully saturated rings. The first-order valence-corrected chi connectivity index (χ1v) is 6.46. The fraction of sp³-hybridized carbons (Fsp3) is 0.923. The lowest BCUT2D eigenvalue weighted by molar-refractivity contribution is 0.0270. The molecule has 1 N–H and O–H groups in total. The Morgan fingerprint density at radius 3 is 2.65 bits per heavy atom. The molecule has 1 heterocycles. The van der Waals surface area contributed by atoms with Gasteiger partial charge >= 0.3 is 6.09 Å². The summed E-state index contributed by atoms with van der Waals surface area (Å²) in [6.07, 6.45) is 3.37. The number of carbonyl (C=O) groups excluding carboxylic acids is 1. The molecule has 1 amide bonds. The molecule has 1 aliphatic heterocycles. The molecule has 2 aliphatic rings. The van der Waals surface area contributed by atoms with Crippen molar-refractivity contribution in [2.75, 3.05) is 13.1 Å². The minimum atomic E-state index is -0.429. The van der Waals surface area contributed by atoms with Gasteiger partial charge in [-0.05, 0) is 51.9 Å². The van der Waals surface area contributed by atoms with E-state index in [0.29, 0.717) is 0 Å². The van der Waals surface area contributed by atoms with E-state index in [1.54, 1.807) is 4.90 Å². The lowest BCUT2D eigenvalue weighted by atomic mass is 9.85. The van der Waals surface area contributed by atoms with Crippen molar-refractivity contribution >= 4 is 6.09 Å². The van der Waals surface area contributed by atoms with Crippen LogP contribution in [0, 0.1) is 5.41 Å². The van der Waals surface area contributed by atoms with E-state index >= 15 is 0 Å². The molecule has 0 aromatic carbocycles. The van der Waals surface area contributed by atoms with Gasteiger partial charge in [0.15, 0.2) is 0 Å². The number of nitrogens with zero attached hydrogens (tertiary/aromatic N) is 1. The Morgan fingerprint density at radius 2 is 2.12 bits per heavy atom. The molecule has 4 nitrogen and oxygen atoms in total. The second kappa shape index (κ2) is 4.16. The molecule has 0 aromatic heterocycles. The molecule has 0 bridgehead atoms. The number of aliphatic hydroxyl groups is 1. The highest BCUT2D eigenvalue weighted by Crippen LogP contribution is 2.45. The van der Waals surface area contributed by atoms with Crippen molar-refractivity contribution in [1.29, 1.82) is 0 Å². The summed E-state index contributed by atoms with van der Waals surface area (Å²) in [5.74, 6) is 0. The molecule has 0 aromatic rings. The first kappa shape index (κ1) is 12.7. The average molecular weight is 241 g/mol. The molecule has 1 spiro atoms. The van der Waals surface area contributed by atoms with E-state index in [9.17, 15) is 9.90 Å². The topological polar surface area (TPSA) is 49.8 Å². The number of likely N-dealkylation sites (tertiary alicyclic amines) is 1. The third kappa shape index (κ3) is 2.92. The van der Waals surface area contributed by atoms with E-state index in [-0.39, 0.29) is 17.6 Å². The fourth-order valence-corrected chi connectivity index (χ4v) is 2.96. The second-order valence-corrected chi connectivity index (χ2v) is 6.55. The molecule has 1 unspecified atom stereocenters. The monoisotopic (exact) mass is 241 g/mol. The molecular formula is C13H23NO3. The van der Waals surface area contributed by atoms with Crippen LogP contribution in [0.1, 0.15) is 46.5 Å². The standard InChI is InChI=1S/C13H23NO3/c1-12(2,3)17-11(16)14-7-6-13(9-14)5-4-10(15)8-13/h10,15H,4-9H2,1-3H3/t10?,13-/m0/s1. The third-order valence-corrected chi connectivity index (χ3v) is 3.77. The maximum atomic E-state index is 11.9. The van der Waals surface area contributed by atoms with E-state index in [4.69, 9.17) is 4.74 Å². The first-order chi connectivity index (χ1) is 7.80. The van der Waals surface area contributed by atoms with Gasteiger partial charge in [0.25, 0.3) is 0 Å². The number of carbonyl (C=O) groups is 1. The minimum absolute atomic E-state index is 0.163. The third-order valence-electron chi connectivity index (χ3n) is 3.77. The zero-order valence-electron chi connectivity index (χ0n) is 11.0. The Hall–Kier alpha value is -0.770. The van der Waals surface area contributed by atoms with Gasteiger partial charge in [0.2, 0.25) is 0 Å². The van der Waals surface area contributed by atoms with Crippen molar-refractivity contribution in [2.45, 2.75) is 58.2 Å². The highest BCUT2D eigenvalue weighted by atomic mass is 16.6. The van der Waals surface area contributed by atoms with Gasteiger partial charge in [0.1, 0.15) is 5.60 Å². The van der Waals surface area contributed by atoms with Crippen molar-refractivity contribution < 1.29 is 14.6 Å². The Labute approximate surface area is 103 Å². The Morgan fingerprint density at radius 1 is 1.41 bits per heavy atom. The number of rotatable bonds is 0. The number of ether oxygens (including phenoxy) is 1. The summed E-state index contributed by atoms with van der Waals surface area (Å²) < 4.78 is 5.38. The summed E-state index contributed by atoms with van der Waals surface area (Å²) >= 11 is 0. The van der Waals surface area contributed by atoms with E-state index in [2.05, 4.69) is 0 Å². The van der Waals surface area contributed by atoms with Gasteiger partial charge in [-0.15, -0.1) is 0 Å². The maximum absolute atomic E-state index is 11.9. The van der Waals surface area contributed by atoms with Gasteiger partial charge in [-0.1, -0.05) is 0 Å². The van der Waals surface area contributed by atoms with E-state index in [1.807, 2.05) is 20.8 Å². The zero-order valence-corrected chi connectivity index (χ0v) is 11.0. The van der Waals surface area contributed by atoms with Crippen LogP contribution >= 0.6 is 0 Å². The van der Waals surface area contributed by atoms with Crippen LogP contribution in [0.3, 0.4) is 0 Å². The number of hydrogen-bond donors (Lipinski definition) is 1. The predicted molar refractivity (Wildman–Crippen MR) is 64.7 cm³/mol. The van der Waals surface area contributed by atoms with Crippen molar-refractivity contribution in [3.8, 4) is 0 Å². The van der Waals surface area contributed by atoms with Crippen molar-refractivity contribution in [2.24, 2.45) is 5.41 Å². The predicted octanol–water partition coefficient (Wildman–Crippen LogP) is 2.16. The summed E-state index contributed by atoms with van der Waals surface area (Å²) in [4.78, 5) is 13.7. The van der Waals surface area contributed by atoms with Gasteiger partial charge in [-0.3, -0.25) is 0 Å². The molecule has 17 heavy (non-hydrogen) atoms. The van der Waals surface area contributed by atoms with Crippen molar-refractivity contribution in [3.05, 3.63) is 0 Å². The summed E-state index contributed by atoms with van der Waals surface area (Å²) in [5, 5.41) is 9.63. The molecule has 2 atom stereocenters. The average Bonchev–Trinajstić information content (AvgIpc) is 2.72. The lowest BCUT2D eigenvalue weighted by Crippen LogP contribution is -2.36. The highest BCUT2D eigenvalue weighted by Gasteiger charge is 2.45. The normalized spacial score (nSPS) is 33.4. The lowest BCUT2D eigenvalue weighted by Gasteiger charge is -2.26. The largest absolute Gasteiger partial charge is 0.444 e. The SMILES string of the molecule is CC(C)(C)OC(=O)N1CC[C@]2(CCC(O)C2)C1. The van der Waals surface area contributed by atoms with Crippen LogP contribution in [-0.4, -0.2) is 40.9 Å². The number of aliphatic hydroxyl groups excluding tert-OH is 1. The molecule has 2 rings (SSSR count). The van der Waals surface area contributed by atoms with Gasteiger partial charge in [0.05, 0.1) is 6.10 Å². The molecule has 0 radical (unpaired) electrons. The molecule has 4 heteroatoms. The van der Waals surface area contributed by atoms with E-state index < -0.39 is 5.60 Å². The van der Waals surface area contributed by atoms with Crippen LogP contribution in [0.4, 0.5) is 4.79 Å². The first-order valence-electron chi connectivity index (χ1n) is 6.46. The number of amides is 1. The van der Waals surface area contributed by atoms with Crippen LogP contribution < -0.4 is 0 Å². The number of hydrogen-bond acceptors (Lipinski definition) is 3. The minimum Gasteiger partial charge on any atom is -0.444 e. The molecular weight excluding hydrogens is 218 g/mol. The van der Waals surface area contributed by atoms with Crippen molar-refractivity contribution in [1.82, 2.24) is 4.90 Å². The quantitative estimate of drug-likeness (QED) is 0.707. The van der Waals surface area contributed by atoms with Crippen LogP contribution in [0.25, 0.3) is 0 Å². The highest BCUT2D eigenvalue weighted by molar-refractivity contribution is 5.68. The van der Waals surface area contributed by atoms with Gasteiger partial charge in [-0.25, -0.2) is 4.79 Å². The summed E-state index contributed by atoms with van der Waals surface area (Å²) in [7, 11) is 0. The summed E-state index contributed by atoms with van der Waals surface area (Å²) in [6, 6.07) is 0. The molecule has 1 saturated carbocycles. The Balaban J connectivity index is 1.92. The fourth-order valence-electron chi connectivity index (χ4n) is 2.96. The molecule has 98 valence electrons. The molecule has 1 saturated heterocycles. The van der Waals surface area contributed by atoms with Gasteiger partial charge in [0, 0.05) is 13.1 Å². The van der Waals surface area contributed by atoms with Crippen LogP contribution in [-0.2, 0) is 4.74 Å². The maximum Gasteiger partial charge on any atom is 0.410 e. The van der Waals surface area contributed by atoms with Gasteiger partial charge < -0.3 is 14.7 Å². The molecule has 1 aliphatic carbocycles.